The standard InChI is InChI=1S/C19H20N2/c1-14-7-2-5-12-18(14)21-19(13-20)17-11-6-9-15-8-3-4-10-16(15)17/h2-12,19,21H,13,20H2,1H3. The highest BCUT2D eigenvalue weighted by Crippen LogP contribution is 2.27. The van der Waals surface area contributed by atoms with Crippen molar-refractivity contribution in [2.75, 3.05) is 11.9 Å². The van der Waals surface area contributed by atoms with Crippen LogP contribution in [0, 0.1) is 6.92 Å². The summed E-state index contributed by atoms with van der Waals surface area (Å²) in [6, 6.07) is 23.3. The lowest BCUT2D eigenvalue weighted by Crippen LogP contribution is -2.21. The Balaban J connectivity index is 2.01. The summed E-state index contributed by atoms with van der Waals surface area (Å²) >= 11 is 0. The summed E-state index contributed by atoms with van der Waals surface area (Å²) in [5, 5.41) is 6.09. The van der Waals surface area contributed by atoms with E-state index in [0.717, 1.165) is 5.69 Å². The molecule has 0 saturated carbocycles. The molecule has 3 aromatic rings. The topological polar surface area (TPSA) is 38.0 Å². The van der Waals surface area contributed by atoms with E-state index in [1.165, 1.54) is 21.9 Å². The normalized spacial score (nSPS) is 12.3. The second kappa shape index (κ2) is 5.98. The number of anilines is 1. The first-order valence-electron chi connectivity index (χ1n) is 7.29. The van der Waals surface area contributed by atoms with Gasteiger partial charge in [0, 0.05) is 12.2 Å². The molecule has 1 atom stereocenters. The number of fused-ring (bicyclic) bond motifs is 1. The molecule has 3 rings (SSSR count). The van der Waals surface area contributed by atoms with E-state index in [0.29, 0.717) is 6.54 Å². The van der Waals surface area contributed by atoms with Gasteiger partial charge in [0.2, 0.25) is 0 Å². The van der Waals surface area contributed by atoms with Crippen molar-refractivity contribution < 1.29 is 0 Å². The SMILES string of the molecule is Cc1ccccc1NC(CN)c1cccc2ccccc12. The van der Waals surface area contributed by atoms with E-state index in [2.05, 4.69) is 72.9 Å². The second-order valence-electron chi connectivity index (χ2n) is 5.32. The van der Waals surface area contributed by atoms with Gasteiger partial charge in [-0.15, -0.1) is 0 Å². The summed E-state index contributed by atoms with van der Waals surface area (Å²) in [6.45, 7) is 2.67. The highest BCUT2D eigenvalue weighted by atomic mass is 14.9. The van der Waals surface area contributed by atoms with Crippen molar-refractivity contribution in [3.8, 4) is 0 Å². The summed E-state index contributed by atoms with van der Waals surface area (Å²) in [4.78, 5) is 0. The van der Waals surface area contributed by atoms with Gasteiger partial charge in [0.25, 0.3) is 0 Å². The number of nitrogens with one attached hydrogen (secondary N) is 1. The molecule has 0 aliphatic carbocycles. The number of hydrogen-bond acceptors (Lipinski definition) is 2. The van der Waals surface area contributed by atoms with Crippen molar-refractivity contribution in [2.45, 2.75) is 13.0 Å². The molecule has 0 fully saturated rings. The second-order valence-corrected chi connectivity index (χ2v) is 5.32. The monoisotopic (exact) mass is 276 g/mol. The van der Waals surface area contributed by atoms with E-state index in [1.807, 2.05) is 6.07 Å². The van der Waals surface area contributed by atoms with Crippen LogP contribution in [0.15, 0.2) is 66.7 Å². The number of hydrogen-bond donors (Lipinski definition) is 2. The van der Waals surface area contributed by atoms with Crippen LogP contribution in [-0.4, -0.2) is 6.54 Å². The Labute approximate surface area is 125 Å². The van der Waals surface area contributed by atoms with Crippen LogP contribution in [0.5, 0.6) is 0 Å². The average Bonchev–Trinajstić information content (AvgIpc) is 2.54. The van der Waals surface area contributed by atoms with Crippen LogP contribution in [0.2, 0.25) is 0 Å². The lowest BCUT2D eigenvalue weighted by molar-refractivity contribution is 0.795. The molecule has 106 valence electrons. The van der Waals surface area contributed by atoms with Crippen molar-refractivity contribution in [1.82, 2.24) is 0 Å². The summed E-state index contributed by atoms with van der Waals surface area (Å²) in [5.74, 6) is 0. The van der Waals surface area contributed by atoms with Crippen molar-refractivity contribution in [3.63, 3.8) is 0 Å². The van der Waals surface area contributed by atoms with Gasteiger partial charge in [-0.25, -0.2) is 0 Å². The van der Waals surface area contributed by atoms with Gasteiger partial charge in [0.05, 0.1) is 6.04 Å². The van der Waals surface area contributed by atoms with Gasteiger partial charge in [0.15, 0.2) is 0 Å². The van der Waals surface area contributed by atoms with Gasteiger partial charge in [-0.3, -0.25) is 0 Å². The Morgan fingerprint density at radius 1 is 0.905 bits per heavy atom. The van der Waals surface area contributed by atoms with E-state index in [4.69, 9.17) is 5.73 Å². The molecular formula is C19H20N2. The Hall–Kier alpha value is -2.32. The van der Waals surface area contributed by atoms with E-state index >= 15 is 0 Å². The third kappa shape index (κ3) is 2.76. The highest BCUT2D eigenvalue weighted by molar-refractivity contribution is 5.86. The van der Waals surface area contributed by atoms with Crippen LogP contribution in [0.1, 0.15) is 17.2 Å². The molecule has 0 radical (unpaired) electrons. The van der Waals surface area contributed by atoms with Crippen molar-refractivity contribution in [3.05, 3.63) is 77.9 Å². The molecule has 0 saturated heterocycles. The maximum Gasteiger partial charge on any atom is 0.0642 e. The van der Waals surface area contributed by atoms with E-state index in [9.17, 15) is 0 Å². The first kappa shape index (κ1) is 13.7. The number of rotatable bonds is 4. The largest absolute Gasteiger partial charge is 0.377 e. The fourth-order valence-electron chi connectivity index (χ4n) is 2.74. The lowest BCUT2D eigenvalue weighted by atomic mass is 9.98. The molecule has 3 aromatic carbocycles. The number of nitrogens with two attached hydrogens (primary N) is 1. The Kier molecular flexibility index (Phi) is 3.89. The zero-order valence-corrected chi connectivity index (χ0v) is 12.2. The predicted octanol–water partition coefficient (Wildman–Crippen LogP) is 4.26. The quantitative estimate of drug-likeness (QED) is 0.747. The minimum atomic E-state index is 0.109. The van der Waals surface area contributed by atoms with Gasteiger partial charge >= 0.3 is 0 Å². The van der Waals surface area contributed by atoms with E-state index in [-0.39, 0.29) is 6.04 Å². The molecule has 2 nitrogen and oxygen atoms in total. The molecule has 2 heteroatoms. The first-order chi connectivity index (χ1) is 10.3. The van der Waals surface area contributed by atoms with Gasteiger partial charge in [-0.05, 0) is 34.9 Å². The molecular weight excluding hydrogens is 256 g/mol. The number of para-hydroxylation sites is 1. The average molecular weight is 276 g/mol. The minimum absolute atomic E-state index is 0.109. The molecule has 21 heavy (non-hydrogen) atoms. The fraction of sp³-hybridized carbons (Fsp3) is 0.158. The minimum Gasteiger partial charge on any atom is -0.377 e. The summed E-state index contributed by atoms with van der Waals surface area (Å²) < 4.78 is 0. The van der Waals surface area contributed by atoms with Crippen LogP contribution < -0.4 is 11.1 Å². The predicted molar refractivity (Wildman–Crippen MR) is 90.5 cm³/mol. The first-order valence-corrected chi connectivity index (χ1v) is 7.29. The Morgan fingerprint density at radius 2 is 1.62 bits per heavy atom. The van der Waals surface area contributed by atoms with Crippen LogP contribution in [-0.2, 0) is 0 Å². The van der Waals surface area contributed by atoms with Gasteiger partial charge in [-0.2, -0.15) is 0 Å². The van der Waals surface area contributed by atoms with Crippen molar-refractivity contribution >= 4 is 16.5 Å². The third-order valence-corrected chi connectivity index (χ3v) is 3.91. The zero-order chi connectivity index (χ0) is 14.7. The highest BCUT2D eigenvalue weighted by Gasteiger charge is 2.13. The maximum absolute atomic E-state index is 6.03. The molecule has 0 spiro atoms. The lowest BCUT2D eigenvalue weighted by Gasteiger charge is -2.21. The van der Waals surface area contributed by atoms with Crippen molar-refractivity contribution in [2.24, 2.45) is 5.73 Å². The van der Waals surface area contributed by atoms with Crippen LogP contribution >= 0.6 is 0 Å². The van der Waals surface area contributed by atoms with E-state index < -0.39 is 0 Å². The fourth-order valence-corrected chi connectivity index (χ4v) is 2.74. The molecule has 0 aromatic heterocycles. The van der Waals surface area contributed by atoms with Crippen LogP contribution in [0.25, 0.3) is 10.8 Å². The zero-order valence-electron chi connectivity index (χ0n) is 12.2. The molecule has 3 N–H and O–H groups in total. The Morgan fingerprint density at radius 3 is 2.43 bits per heavy atom. The Bertz CT molecular complexity index is 744. The summed E-state index contributed by atoms with van der Waals surface area (Å²) in [7, 11) is 0. The van der Waals surface area contributed by atoms with Crippen molar-refractivity contribution in [1.29, 1.82) is 0 Å². The smallest absolute Gasteiger partial charge is 0.0642 e. The third-order valence-electron chi connectivity index (χ3n) is 3.91. The molecule has 0 aliphatic rings. The summed E-state index contributed by atoms with van der Waals surface area (Å²) in [6.07, 6.45) is 0. The molecule has 0 heterocycles. The van der Waals surface area contributed by atoms with Gasteiger partial charge < -0.3 is 11.1 Å². The number of benzene rings is 3. The molecule has 0 aliphatic heterocycles. The molecule has 0 amide bonds. The maximum atomic E-state index is 6.03. The van der Waals surface area contributed by atoms with Gasteiger partial charge in [0.1, 0.15) is 0 Å². The number of aryl methyl sites for hydroxylation is 1. The molecule has 0 bridgehead atoms. The van der Waals surface area contributed by atoms with Crippen LogP contribution in [0.4, 0.5) is 5.69 Å². The summed E-state index contributed by atoms with van der Waals surface area (Å²) in [5.41, 5.74) is 9.65. The van der Waals surface area contributed by atoms with Crippen LogP contribution in [0.3, 0.4) is 0 Å². The van der Waals surface area contributed by atoms with E-state index in [1.54, 1.807) is 0 Å². The van der Waals surface area contributed by atoms with Gasteiger partial charge in [-0.1, -0.05) is 60.7 Å². The molecule has 1 unspecified atom stereocenters.